The maximum Gasteiger partial charge on any atom is 0.122 e. The smallest absolute Gasteiger partial charge is 0.122 e. The summed E-state index contributed by atoms with van der Waals surface area (Å²) in [6.45, 7) is 4.10. The van der Waals surface area contributed by atoms with E-state index in [2.05, 4.69) is 31.2 Å². The Kier molecular flexibility index (Phi) is 3.48. The van der Waals surface area contributed by atoms with E-state index in [9.17, 15) is 5.11 Å². The molecule has 0 aliphatic rings. The molecule has 88 valence electrons. The summed E-state index contributed by atoms with van der Waals surface area (Å²) < 4.78 is 0. The molecule has 0 aromatic heterocycles. The van der Waals surface area contributed by atoms with Crippen molar-refractivity contribution >= 4 is 0 Å². The van der Waals surface area contributed by atoms with Gasteiger partial charge in [0.15, 0.2) is 0 Å². The Morgan fingerprint density at radius 1 is 1.00 bits per heavy atom. The van der Waals surface area contributed by atoms with Gasteiger partial charge in [0, 0.05) is 6.42 Å². The standard InChI is InChI=1S/C16H18O/c1-3-13-9-12(2)16(17)15(10-13)11-14-7-5-4-6-8-14/h4-10,17H,3,11H2,1-2H3. The monoisotopic (exact) mass is 226 g/mol. The van der Waals surface area contributed by atoms with Crippen LogP contribution in [0.1, 0.15) is 29.2 Å². The number of phenols is 1. The van der Waals surface area contributed by atoms with Crippen molar-refractivity contribution in [1.82, 2.24) is 0 Å². The van der Waals surface area contributed by atoms with Gasteiger partial charge in [-0.2, -0.15) is 0 Å². The molecule has 0 spiro atoms. The van der Waals surface area contributed by atoms with Crippen LogP contribution in [0, 0.1) is 6.92 Å². The Hall–Kier alpha value is -1.76. The van der Waals surface area contributed by atoms with Crippen molar-refractivity contribution in [1.29, 1.82) is 0 Å². The van der Waals surface area contributed by atoms with Crippen LogP contribution in [-0.4, -0.2) is 5.11 Å². The van der Waals surface area contributed by atoms with Crippen molar-refractivity contribution < 1.29 is 5.11 Å². The highest BCUT2D eigenvalue weighted by Gasteiger charge is 2.07. The minimum Gasteiger partial charge on any atom is -0.507 e. The number of benzene rings is 2. The fourth-order valence-electron chi connectivity index (χ4n) is 2.09. The van der Waals surface area contributed by atoms with Crippen LogP contribution in [-0.2, 0) is 12.8 Å². The maximum absolute atomic E-state index is 10.1. The van der Waals surface area contributed by atoms with Crippen LogP contribution >= 0.6 is 0 Å². The van der Waals surface area contributed by atoms with Gasteiger partial charge in [-0.05, 0) is 35.6 Å². The van der Waals surface area contributed by atoms with Crippen molar-refractivity contribution in [2.75, 3.05) is 0 Å². The van der Waals surface area contributed by atoms with E-state index < -0.39 is 0 Å². The van der Waals surface area contributed by atoms with Gasteiger partial charge in [0.1, 0.15) is 5.75 Å². The van der Waals surface area contributed by atoms with Gasteiger partial charge in [-0.3, -0.25) is 0 Å². The lowest BCUT2D eigenvalue weighted by molar-refractivity contribution is 0.465. The third kappa shape index (κ3) is 2.68. The topological polar surface area (TPSA) is 20.2 Å². The SMILES string of the molecule is CCc1cc(C)c(O)c(Cc2ccccc2)c1. The summed E-state index contributed by atoms with van der Waals surface area (Å²) in [5, 5.41) is 10.1. The second-order valence-electron chi connectivity index (χ2n) is 4.44. The average molecular weight is 226 g/mol. The quantitative estimate of drug-likeness (QED) is 0.842. The third-order valence-corrected chi connectivity index (χ3v) is 3.08. The van der Waals surface area contributed by atoms with Crippen molar-refractivity contribution in [2.24, 2.45) is 0 Å². The van der Waals surface area contributed by atoms with Crippen LogP contribution in [0.3, 0.4) is 0 Å². The molecular formula is C16H18O. The van der Waals surface area contributed by atoms with Gasteiger partial charge in [-0.15, -0.1) is 0 Å². The number of aromatic hydroxyl groups is 1. The van der Waals surface area contributed by atoms with Crippen LogP contribution in [0.4, 0.5) is 0 Å². The van der Waals surface area contributed by atoms with Crippen molar-refractivity contribution in [3.63, 3.8) is 0 Å². The summed E-state index contributed by atoms with van der Waals surface area (Å²) in [6, 6.07) is 14.4. The average Bonchev–Trinajstić information content (AvgIpc) is 2.36. The molecule has 0 atom stereocenters. The van der Waals surface area contributed by atoms with Gasteiger partial charge >= 0.3 is 0 Å². The molecule has 0 saturated carbocycles. The molecule has 1 heteroatoms. The first kappa shape index (κ1) is 11.7. The lowest BCUT2D eigenvalue weighted by Gasteiger charge is -2.10. The number of aryl methyl sites for hydroxylation is 2. The van der Waals surface area contributed by atoms with Gasteiger partial charge < -0.3 is 5.11 Å². The maximum atomic E-state index is 10.1. The molecule has 2 aromatic rings. The molecule has 0 unspecified atom stereocenters. The molecule has 2 rings (SSSR count). The van der Waals surface area contributed by atoms with Gasteiger partial charge in [0.05, 0.1) is 0 Å². The molecule has 0 aliphatic carbocycles. The predicted molar refractivity (Wildman–Crippen MR) is 71.5 cm³/mol. The van der Waals surface area contributed by atoms with E-state index in [0.717, 1.165) is 24.0 Å². The molecule has 1 N–H and O–H groups in total. The summed E-state index contributed by atoms with van der Waals surface area (Å²) in [5.74, 6) is 0.436. The first-order valence-corrected chi connectivity index (χ1v) is 6.06. The molecule has 17 heavy (non-hydrogen) atoms. The first-order chi connectivity index (χ1) is 8.20. The third-order valence-electron chi connectivity index (χ3n) is 3.08. The Balaban J connectivity index is 2.35. The molecule has 0 bridgehead atoms. The second kappa shape index (κ2) is 5.05. The number of hydrogen-bond acceptors (Lipinski definition) is 1. The highest BCUT2D eigenvalue weighted by molar-refractivity contribution is 5.45. The van der Waals surface area contributed by atoms with Crippen LogP contribution in [0.25, 0.3) is 0 Å². The molecule has 1 nitrogen and oxygen atoms in total. The summed E-state index contributed by atoms with van der Waals surface area (Å²) in [5.41, 5.74) is 4.50. The minimum atomic E-state index is 0.436. The Labute approximate surface area is 103 Å². The predicted octanol–water partition coefficient (Wildman–Crippen LogP) is 3.85. The Morgan fingerprint density at radius 3 is 2.35 bits per heavy atom. The molecule has 0 saturated heterocycles. The second-order valence-corrected chi connectivity index (χ2v) is 4.44. The van der Waals surface area contributed by atoms with E-state index in [0.29, 0.717) is 5.75 Å². The van der Waals surface area contributed by atoms with Gasteiger partial charge in [-0.1, -0.05) is 49.4 Å². The first-order valence-electron chi connectivity index (χ1n) is 6.06. The number of hydrogen-bond donors (Lipinski definition) is 1. The fourth-order valence-corrected chi connectivity index (χ4v) is 2.09. The van der Waals surface area contributed by atoms with E-state index in [1.165, 1.54) is 11.1 Å². The molecule has 2 aromatic carbocycles. The van der Waals surface area contributed by atoms with E-state index in [1.807, 2.05) is 25.1 Å². The number of phenolic OH excluding ortho intramolecular Hbond substituents is 1. The van der Waals surface area contributed by atoms with Crippen molar-refractivity contribution in [2.45, 2.75) is 26.7 Å². The molecule has 0 aliphatic heterocycles. The zero-order chi connectivity index (χ0) is 12.3. The van der Waals surface area contributed by atoms with Crippen LogP contribution in [0.15, 0.2) is 42.5 Å². The number of rotatable bonds is 3. The lowest BCUT2D eigenvalue weighted by Crippen LogP contribution is -1.93. The van der Waals surface area contributed by atoms with Crippen LogP contribution in [0.5, 0.6) is 5.75 Å². The summed E-state index contributed by atoms with van der Waals surface area (Å²) in [6.07, 6.45) is 1.80. The summed E-state index contributed by atoms with van der Waals surface area (Å²) in [7, 11) is 0. The molecule has 0 fully saturated rings. The normalized spacial score (nSPS) is 10.5. The van der Waals surface area contributed by atoms with Gasteiger partial charge in [-0.25, -0.2) is 0 Å². The summed E-state index contributed by atoms with van der Waals surface area (Å²) >= 11 is 0. The highest BCUT2D eigenvalue weighted by Crippen LogP contribution is 2.26. The minimum absolute atomic E-state index is 0.436. The highest BCUT2D eigenvalue weighted by atomic mass is 16.3. The van der Waals surface area contributed by atoms with Gasteiger partial charge in [0.2, 0.25) is 0 Å². The zero-order valence-electron chi connectivity index (χ0n) is 10.4. The fraction of sp³-hybridized carbons (Fsp3) is 0.250. The van der Waals surface area contributed by atoms with Crippen LogP contribution < -0.4 is 0 Å². The zero-order valence-corrected chi connectivity index (χ0v) is 10.4. The van der Waals surface area contributed by atoms with Crippen LogP contribution in [0.2, 0.25) is 0 Å². The van der Waals surface area contributed by atoms with Crippen molar-refractivity contribution in [3.8, 4) is 5.75 Å². The van der Waals surface area contributed by atoms with E-state index in [4.69, 9.17) is 0 Å². The van der Waals surface area contributed by atoms with E-state index >= 15 is 0 Å². The molecular weight excluding hydrogens is 208 g/mol. The molecule has 0 heterocycles. The molecule has 0 amide bonds. The molecule has 0 radical (unpaired) electrons. The van der Waals surface area contributed by atoms with E-state index in [1.54, 1.807) is 0 Å². The largest absolute Gasteiger partial charge is 0.507 e. The Morgan fingerprint density at radius 2 is 1.71 bits per heavy atom. The lowest BCUT2D eigenvalue weighted by atomic mass is 9.98. The van der Waals surface area contributed by atoms with E-state index in [-0.39, 0.29) is 0 Å². The summed E-state index contributed by atoms with van der Waals surface area (Å²) in [4.78, 5) is 0. The van der Waals surface area contributed by atoms with Gasteiger partial charge in [0.25, 0.3) is 0 Å². The van der Waals surface area contributed by atoms with Crippen molar-refractivity contribution in [3.05, 3.63) is 64.7 Å². The Bertz CT molecular complexity index is 500.